The van der Waals surface area contributed by atoms with E-state index in [9.17, 15) is 0 Å². The van der Waals surface area contributed by atoms with Gasteiger partial charge in [-0.3, -0.25) is 0 Å². The largest absolute Gasteiger partial charge is 0.396 e. The minimum atomic E-state index is 0.135. The summed E-state index contributed by atoms with van der Waals surface area (Å²) in [5.41, 5.74) is 7.26. The molecule has 5 heteroatoms. The highest BCUT2D eigenvalue weighted by Crippen LogP contribution is 2.20. The zero-order valence-corrected chi connectivity index (χ0v) is 11.0. The maximum Gasteiger partial charge on any atom is 0.223 e. The molecule has 1 aromatic heterocycles. The van der Waals surface area contributed by atoms with Crippen molar-refractivity contribution in [3.8, 4) is 0 Å². The van der Waals surface area contributed by atoms with Crippen molar-refractivity contribution in [2.45, 2.75) is 13.0 Å². The quantitative estimate of drug-likeness (QED) is 0.913. The van der Waals surface area contributed by atoms with Crippen molar-refractivity contribution in [1.29, 1.82) is 0 Å². The summed E-state index contributed by atoms with van der Waals surface area (Å²) in [4.78, 5) is 8.21. The number of nitrogens with two attached hydrogens (primary N) is 1. The van der Waals surface area contributed by atoms with E-state index in [-0.39, 0.29) is 6.04 Å². The molecule has 0 aliphatic carbocycles. The van der Waals surface area contributed by atoms with E-state index in [1.807, 2.05) is 12.1 Å². The zero-order valence-electron chi connectivity index (χ0n) is 9.39. The molecule has 0 fully saturated rings. The van der Waals surface area contributed by atoms with E-state index < -0.39 is 0 Å². The molecule has 0 saturated heterocycles. The number of halogens is 1. The normalized spacial score (nSPS) is 12.1. The topological polar surface area (TPSA) is 63.8 Å². The summed E-state index contributed by atoms with van der Waals surface area (Å²) in [7, 11) is 0. The van der Waals surface area contributed by atoms with Crippen molar-refractivity contribution >= 4 is 27.6 Å². The Balaban J connectivity index is 2.11. The number of aromatic nitrogens is 2. The molecule has 4 nitrogen and oxygen atoms in total. The minimum absolute atomic E-state index is 0.135. The molecule has 1 atom stereocenters. The van der Waals surface area contributed by atoms with Gasteiger partial charge in [-0.25, -0.2) is 9.97 Å². The molecule has 17 heavy (non-hydrogen) atoms. The molecule has 88 valence electrons. The average molecular weight is 293 g/mol. The van der Waals surface area contributed by atoms with Crippen LogP contribution in [0.15, 0.2) is 41.1 Å². The highest BCUT2D eigenvalue weighted by molar-refractivity contribution is 9.10. The van der Waals surface area contributed by atoms with Gasteiger partial charge in [-0.15, -0.1) is 0 Å². The fourth-order valence-corrected chi connectivity index (χ4v) is 1.88. The van der Waals surface area contributed by atoms with Crippen LogP contribution < -0.4 is 11.1 Å². The molecule has 0 spiro atoms. The van der Waals surface area contributed by atoms with Crippen molar-refractivity contribution in [1.82, 2.24) is 9.97 Å². The van der Waals surface area contributed by atoms with Gasteiger partial charge < -0.3 is 11.1 Å². The first-order valence-corrected chi connectivity index (χ1v) is 6.04. The molecule has 0 bridgehead atoms. The molecule has 1 heterocycles. The zero-order chi connectivity index (χ0) is 12.3. The Bertz CT molecular complexity index is 498. The second kappa shape index (κ2) is 5.14. The molecule has 0 aliphatic heterocycles. The molecule has 0 saturated carbocycles. The van der Waals surface area contributed by atoms with Gasteiger partial charge in [0.2, 0.25) is 5.95 Å². The first kappa shape index (κ1) is 11.9. The SMILES string of the molecule is CC(Nc1ncc(N)cn1)c1cccc(Br)c1. The van der Waals surface area contributed by atoms with Gasteiger partial charge in [0.15, 0.2) is 0 Å². The van der Waals surface area contributed by atoms with Crippen molar-refractivity contribution < 1.29 is 0 Å². The maximum absolute atomic E-state index is 5.53. The highest BCUT2D eigenvalue weighted by atomic mass is 79.9. The summed E-state index contributed by atoms with van der Waals surface area (Å²) >= 11 is 3.45. The van der Waals surface area contributed by atoms with E-state index in [0.717, 1.165) is 4.47 Å². The number of anilines is 2. The van der Waals surface area contributed by atoms with Crippen LogP contribution in [0.4, 0.5) is 11.6 Å². The van der Waals surface area contributed by atoms with E-state index in [1.54, 1.807) is 12.4 Å². The lowest BCUT2D eigenvalue weighted by Gasteiger charge is -2.14. The molecular weight excluding hydrogens is 280 g/mol. The lowest BCUT2D eigenvalue weighted by molar-refractivity contribution is 0.860. The van der Waals surface area contributed by atoms with Gasteiger partial charge in [-0.2, -0.15) is 0 Å². The van der Waals surface area contributed by atoms with E-state index in [4.69, 9.17) is 5.73 Å². The highest BCUT2D eigenvalue weighted by Gasteiger charge is 2.06. The number of hydrogen-bond donors (Lipinski definition) is 2. The number of hydrogen-bond acceptors (Lipinski definition) is 4. The Hall–Kier alpha value is -1.62. The van der Waals surface area contributed by atoms with Gasteiger partial charge in [0, 0.05) is 4.47 Å². The number of rotatable bonds is 3. The van der Waals surface area contributed by atoms with Crippen LogP contribution in [-0.2, 0) is 0 Å². The smallest absolute Gasteiger partial charge is 0.223 e. The second-order valence-corrected chi connectivity index (χ2v) is 4.68. The van der Waals surface area contributed by atoms with Gasteiger partial charge in [-0.05, 0) is 24.6 Å². The van der Waals surface area contributed by atoms with Crippen molar-refractivity contribution in [3.05, 3.63) is 46.7 Å². The van der Waals surface area contributed by atoms with Crippen molar-refractivity contribution in [2.75, 3.05) is 11.1 Å². The second-order valence-electron chi connectivity index (χ2n) is 3.76. The van der Waals surface area contributed by atoms with Gasteiger partial charge in [0.25, 0.3) is 0 Å². The van der Waals surface area contributed by atoms with Crippen LogP contribution in [0.2, 0.25) is 0 Å². The van der Waals surface area contributed by atoms with Crippen LogP contribution in [-0.4, -0.2) is 9.97 Å². The number of nitrogens with zero attached hydrogens (tertiary/aromatic N) is 2. The van der Waals surface area contributed by atoms with Crippen LogP contribution in [0.5, 0.6) is 0 Å². The summed E-state index contributed by atoms with van der Waals surface area (Å²) in [5.74, 6) is 0.576. The first-order chi connectivity index (χ1) is 8.15. The van der Waals surface area contributed by atoms with E-state index >= 15 is 0 Å². The van der Waals surface area contributed by atoms with E-state index in [2.05, 4.69) is 50.3 Å². The molecule has 0 radical (unpaired) electrons. The molecule has 1 unspecified atom stereocenters. The first-order valence-electron chi connectivity index (χ1n) is 5.24. The van der Waals surface area contributed by atoms with Gasteiger partial charge in [0.05, 0.1) is 24.1 Å². The van der Waals surface area contributed by atoms with Crippen LogP contribution in [0.3, 0.4) is 0 Å². The maximum atomic E-state index is 5.53. The molecule has 3 N–H and O–H groups in total. The monoisotopic (exact) mass is 292 g/mol. The third kappa shape index (κ3) is 3.17. The Labute approximate surface area is 108 Å². The molecule has 2 rings (SSSR count). The molecule has 0 aliphatic rings. The van der Waals surface area contributed by atoms with Gasteiger partial charge in [0.1, 0.15) is 0 Å². The Kier molecular flexibility index (Phi) is 3.58. The lowest BCUT2D eigenvalue weighted by atomic mass is 10.1. The summed E-state index contributed by atoms with van der Waals surface area (Å²) in [5, 5.41) is 3.21. The Morgan fingerprint density at radius 1 is 1.29 bits per heavy atom. The predicted molar refractivity (Wildman–Crippen MR) is 72.6 cm³/mol. The summed E-state index contributed by atoms with van der Waals surface area (Å²) in [6.07, 6.45) is 3.17. The number of nitrogens with one attached hydrogen (secondary N) is 1. The molecule has 0 amide bonds. The Morgan fingerprint density at radius 3 is 2.65 bits per heavy atom. The molecule has 1 aromatic carbocycles. The summed E-state index contributed by atoms with van der Waals surface area (Å²) < 4.78 is 1.06. The third-order valence-electron chi connectivity index (χ3n) is 2.37. The fourth-order valence-electron chi connectivity index (χ4n) is 1.47. The predicted octanol–water partition coefficient (Wildman–Crippen LogP) is 2.99. The number of benzene rings is 1. The van der Waals surface area contributed by atoms with Crippen molar-refractivity contribution in [2.24, 2.45) is 0 Å². The van der Waals surface area contributed by atoms with E-state index in [1.165, 1.54) is 5.56 Å². The third-order valence-corrected chi connectivity index (χ3v) is 2.86. The molecular formula is C12H13BrN4. The van der Waals surface area contributed by atoms with Crippen LogP contribution in [0.25, 0.3) is 0 Å². The van der Waals surface area contributed by atoms with Crippen molar-refractivity contribution in [3.63, 3.8) is 0 Å². The summed E-state index contributed by atoms with van der Waals surface area (Å²) in [6.45, 7) is 2.06. The van der Waals surface area contributed by atoms with Gasteiger partial charge in [-0.1, -0.05) is 28.1 Å². The Morgan fingerprint density at radius 2 is 2.00 bits per heavy atom. The lowest BCUT2D eigenvalue weighted by Crippen LogP contribution is -2.09. The standard InChI is InChI=1S/C12H13BrN4/c1-8(9-3-2-4-10(13)5-9)17-12-15-6-11(14)7-16-12/h2-8H,14H2,1H3,(H,15,16,17). The van der Waals surface area contributed by atoms with Crippen LogP contribution in [0.1, 0.15) is 18.5 Å². The molecule has 2 aromatic rings. The fraction of sp³-hybridized carbons (Fsp3) is 0.167. The number of nitrogen functional groups attached to an aromatic ring is 1. The van der Waals surface area contributed by atoms with Crippen LogP contribution >= 0.6 is 15.9 Å². The van der Waals surface area contributed by atoms with E-state index in [0.29, 0.717) is 11.6 Å². The minimum Gasteiger partial charge on any atom is -0.396 e. The average Bonchev–Trinajstić information content (AvgIpc) is 2.32. The van der Waals surface area contributed by atoms with Crippen LogP contribution in [0, 0.1) is 0 Å². The summed E-state index contributed by atoms with van der Waals surface area (Å²) in [6, 6.07) is 8.25. The van der Waals surface area contributed by atoms with Gasteiger partial charge >= 0.3 is 0 Å².